The first kappa shape index (κ1) is 25.7. The van der Waals surface area contributed by atoms with E-state index in [1.807, 2.05) is 0 Å². The van der Waals surface area contributed by atoms with E-state index in [0.29, 0.717) is 25.7 Å². The fraction of sp³-hybridized carbons (Fsp3) is 1.00. The van der Waals surface area contributed by atoms with Gasteiger partial charge in [0.15, 0.2) is 0 Å². The molecule has 0 aromatic rings. The van der Waals surface area contributed by atoms with E-state index in [2.05, 4.69) is 13.8 Å². The molecule has 22 heavy (non-hydrogen) atoms. The maximum atomic E-state index is 11.3. The molecule has 0 radical (unpaired) electrons. The smallest absolute Gasteiger partial charge is 0.748 e. The van der Waals surface area contributed by atoms with E-state index in [4.69, 9.17) is 0 Å². The Morgan fingerprint density at radius 2 is 1.32 bits per heavy atom. The number of unbranched alkanes of at least 4 members (excludes halogenated alkanes) is 5. The minimum atomic E-state index is -4.20. The van der Waals surface area contributed by atoms with Gasteiger partial charge >= 0.3 is 51.4 Å². The molecule has 0 saturated carbocycles. The van der Waals surface area contributed by atoms with E-state index < -0.39 is 15.4 Å². The minimum absolute atomic E-state index is 0. The molecule has 0 aliphatic heterocycles. The maximum Gasteiger partial charge on any atom is 1.00 e. The van der Waals surface area contributed by atoms with Crippen LogP contribution in [0.15, 0.2) is 0 Å². The van der Waals surface area contributed by atoms with E-state index in [0.717, 1.165) is 44.9 Å². The third-order valence-electron chi connectivity index (χ3n) is 3.99. The molecule has 0 aromatic heterocycles. The summed E-state index contributed by atoms with van der Waals surface area (Å²) < 4.78 is 33.8. The van der Waals surface area contributed by atoms with Crippen LogP contribution in [0, 0.1) is 0 Å². The zero-order valence-corrected chi connectivity index (χ0v) is 18.7. The van der Waals surface area contributed by atoms with Crippen molar-refractivity contribution < 1.29 is 69.5 Å². The number of hydrogen-bond donors (Lipinski definition) is 1. The van der Waals surface area contributed by atoms with Crippen LogP contribution < -0.4 is 51.4 Å². The van der Waals surface area contributed by atoms with Crippen molar-refractivity contribution in [3.63, 3.8) is 0 Å². The second kappa shape index (κ2) is 16.0. The summed E-state index contributed by atoms with van der Waals surface area (Å²) in [6.07, 6.45) is 9.76. The average Bonchev–Trinajstić information content (AvgIpc) is 2.41. The van der Waals surface area contributed by atoms with Crippen molar-refractivity contribution in [2.24, 2.45) is 0 Å². The van der Waals surface area contributed by atoms with Crippen molar-refractivity contribution in [1.29, 1.82) is 0 Å². The van der Waals surface area contributed by atoms with Crippen molar-refractivity contribution in [2.75, 3.05) is 0 Å². The average molecular weight is 361 g/mol. The van der Waals surface area contributed by atoms with Gasteiger partial charge in [-0.25, -0.2) is 8.42 Å². The van der Waals surface area contributed by atoms with Crippen LogP contribution in [0.25, 0.3) is 0 Å². The van der Waals surface area contributed by atoms with Gasteiger partial charge in [-0.15, -0.1) is 0 Å². The van der Waals surface area contributed by atoms with Gasteiger partial charge in [-0.3, -0.25) is 0 Å². The van der Waals surface area contributed by atoms with Crippen molar-refractivity contribution >= 4 is 10.1 Å². The molecule has 0 aromatic carbocycles. The Bertz CT molecular complexity index is 333. The number of rotatable bonds is 14. The summed E-state index contributed by atoms with van der Waals surface area (Å²) in [5, 5.41) is 8.98. The summed E-state index contributed by atoms with van der Waals surface area (Å²) in [5.41, 5.74) is 0. The third-order valence-corrected chi connectivity index (χ3v) is 5.28. The number of aliphatic hydroxyl groups is 1. The molecule has 4 nitrogen and oxygen atoms in total. The van der Waals surface area contributed by atoms with Crippen molar-refractivity contribution in [1.82, 2.24) is 0 Å². The molecule has 128 valence electrons. The summed E-state index contributed by atoms with van der Waals surface area (Å²) >= 11 is 0. The standard InChI is InChI=1S/C16H34O4S.K/c1-3-5-7-8-9-13-16(21(18,19)20)14-10-12-15(17)11-6-4-2;/h15-17H,3-14H2,1-2H3,(H,18,19,20);/q;+1/p-1. The Balaban J connectivity index is 0. The van der Waals surface area contributed by atoms with Crippen LogP contribution >= 0.6 is 0 Å². The molecular weight excluding hydrogens is 327 g/mol. The molecule has 2 atom stereocenters. The monoisotopic (exact) mass is 360 g/mol. The maximum absolute atomic E-state index is 11.3. The van der Waals surface area contributed by atoms with Crippen LogP contribution in [0.2, 0.25) is 0 Å². The zero-order valence-electron chi connectivity index (χ0n) is 14.7. The molecule has 0 heterocycles. The van der Waals surface area contributed by atoms with Gasteiger partial charge in [0.2, 0.25) is 0 Å². The summed E-state index contributed by atoms with van der Waals surface area (Å²) in [4.78, 5) is 0. The Hall–Kier alpha value is 1.51. The number of aliphatic hydroxyl groups excluding tert-OH is 1. The molecule has 0 spiro atoms. The molecule has 0 fully saturated rings. The number of hydrogen-bond acceptors (Lipinski definition) is 4. The minimum Gasteiger partial charge on any atom is -0.748 e. The summed E-state index contributed by atoms with van der Waals surface area (Å²) in [7, 11) is -4.20. The Morgan fingerprint density at radius 1 is 0.818 bits per heavy atom. The van der Waals surface area contributed by atoms with Crippen LogP contribution in [0.1, 0.15) is 90.9 Å². The van der Waals surface area contributed by atoms with E-state index in [1.54, 1.807) is 0 Å². The van der Waals surface area contributed by atoms with E-state index in [1.165, 1.54) is 6.42 Å². The van der Waals surface area contributed by atoms with Crippen molar-refractivity contribution in [3.8, 4) is 0 Å². The molecule has 0 bridgehead atoms. The van der Waals surface area contributed by atoms with Crippen LogP contribution in [0.4, 0.5) is 0 Å². The molecule has 0 saturated heterocycles. The van der Waals surface area contributed by atoms with Crippen LogP contribution in [0.3, 0.4) is 0 Å². The van der Waals surface area contributed by atoms with Gasteiger partial charge in [0, 0.05) is 5.25 Å². The van der Waals surface area contributed by atoms with E-state index in [-0.39, 0.29) is 57.5 Å². The summed E-state index contributed by atoms with van der Waals surface area (Å²) in [5.74, 6) is 0. The fourth-order valence-corrected chi connectivity index (χ4v) is 3.48. The predicted molar refractivity (Wildman–Crippen MR) is 86.2 cm³/mol. The van der Waals surface area contributed by atoms with Crippen molar-refractivity contribution in [2.45, 2.75) is 102 Å². The first-order valence-electron chi connectivity index (χ1n) is 8.54. The summed E-state index contributed by atoms with van der Waals surface area (Å²) in [6.45, 7) is 4.21. The topological polar surface area (TPSA) is 77.4 Å². The quantitative estimate of drug-likeness (QED) is 0.285. The largest absolute Gasteiger partial charge is 1.00 e. The van der Waals surface area contributed by atoms with Crippen molar-refractivity contribution in [3.05, 3.63) is 0 Å². The van der Waals surface area contributed by atoms with Crippen LogP contribution in [-0.2, 0) is 10.1 Å². The molecule has 0 rings (SSSR count). The molecule has 1 N–H and O–H groups in total. The molecule has 2 unspecified atom stereocenters. The van der Waals surface area contributed by atoms with Crippen LogP contribution in [-0.4, -0.2) is 29.4 Å². The van der Waals surface area contributed by atoms with Gasteiger partial charge in [0.05, 0.1) is 16.2 Å². The van der Waals surface area contributed by atoms with Gasteiger partial charge in [-0.1, -0.05) is 58.8 Å². The van der Waals surface area contributed by atoms with Gasteiger partial charge in [0.25, 0.3) is 0 Å². The first-order valence-corrected chi connectivity index (χ1v) is 10.0. The van der Waals surface area contributed by atoms with Gasteiger partial charge < -0.3 is 9.66 Å². The molecule has 0 amide bonds. The second-order valence-electron chi connectivity index (χ2n) is 6.04. The third kappa shape index (κ3) is 15.1. The molecule has 6 heteroatoms. The van der Waals surface area contributed by atoms with Gasteiger partial charge in [0.1, 0.15) is 0 Å². The Labute approximate surface area is 180 Å². The Kier molecular flexibility index (Phi) is 18.7. The fourth-order valence-electron chi connectivity index (χ4n) is 2.57. The molecule has 0 aliphatic carbocycles. The Morgan fingerprint density at radius 3 is 1.86 bits per heavy atom. The zero-order chi connectivity index (χ0) is 16.1. The predicted octanol–water partition coefficient (Wildman–Crippen LogP) is 0.986. The first-order chi connectivity index (χ1) is 9.91. The van der Waals surface area contributed by atoms with E-state index in [9.17, 15) is 18.1 Å². The molecular formula is C16H33KO4S. The van der Waals surface area contributed by atoms with Gasteiger partial charge in [-0.2, -0.15) is 0 Å². The SMILES string of the molecule is CCCCCCCC(CCCC(O)CCCC)S(=O)(=O)[O-].[K+]. The second-order valence-corrected chi connectivity index (χ2v) is 7.70. The van der Waals surface area contributed by atoms with E-state index >= 15 is 0 Å². The molecule has 0 aliphatic rings. The van der Waals surface area contributed by atoms with Gasteiger partial charge in [-0.05, 0) is 32.1 Å². The summed E-state index contributed by atoms with van der Waals surface area (Å²) in [6, 6.07) is 0. The normalized spacial score (nSPS) is 14.4. The van der Waals surface area contributed by atoms with Crippen LogP contribution in [0.5, 0.6) is 0 Å².